The number of esters is 2. The van der Waals surface area contributed by atoms with Gasteiger partial charge in [0.25, 0.3) is 0 Å². The van der Waals surface area contributed by atoms with Gasteiger partial charge in [-0.05, 0) is 61.3 Å². The van der Waals surface area contributed by atoms with Crippen LogP contribution in [0, 0.1) is 23.2 Å². The van der Waals surface area contributed by atoms with Crippen molar-refractivity contribution in [2.24, 2.45) is 23.2 Å². The lowest BCUT2D eigenvalue weighted by atomic mass is 9.64. The molecule has 3 aromatic carbocycles. The summed E-state index contributed by atoms with van der Waals surface area (Å²) < 4.78 is 10.9. The molecule has 192 valence electrons. The lowest BCUT2D eigenvalue weighted by Gasteiger charge is -2.38. The van der Waals surface area contributed by atoms with Gasteiger partial charge in [-0.1, -0.05) is 79.7 Å². The Kier molecular flexibility index (Phi) is 6.65. The van der Waals surface area contributed by atoms with Gasteiger partial charge in [0.1, 0.15) is 0 Å². The highest BCUT2D eigenvalue weighted by Crippen LogP contribution is 2.64. The van der Waals surface area contributed by atoms with Gasteiger partial charge < -0.3 is 9.47 Å². The molecule has 0 heterocycles. The second-order valence-corrected chi connectivity index (χ2v) is 10.7. The average Bonchev–Trinajstić information content (AvgIpc) is 3.44. The Morgan fingerprint density at radius 1 is 0.811 bits per heavy atom. The van der Waals surface area contributed by atoms with Crippen LogP contribution in [0.5, 0.6) is 0 Å². The van der Waals surface area contributed by atoms with E-state index >= 15 is 0 Å². The van der Waals surface area contributed by atoms with Crippen LogP contribution >= 0.6 is 0 Å². The molecule has 0 aromatic heterocycles. The molecule has 0 amide bonds. The second kappa shape index (κ2) is 9.77. The first-order chi connectivity index (χ1) is 17.8. The van der Waals surface area contributed by atoms with Crippen LogP contribution in [0.15, 0.2) is 72.8 Å². The van der Waals surface area contributed by atoms with E-state index in [1.165, 1.54) is 0 Å². The number of ether oxygens (including phenoxy) is 2. The minimum atomic E-state index is -1.33. The summed E-state index contributed by atoms with van der Waals surface area (Å²) in [5, 5.41) is 2.24. The molecule has 2 fully saturated rings. The topological polar surface area (TPSA) is 69.7 Å². The zero-order valence-corrected chi connectivity index (χ0v) is 21.7. The van der Waals surface area contributed by atoms with Gasteiger partial charge in [-0.3, -0.25) is 14.4 Å². The van der Waals surface area contributed by atoms with E-state index in [0.29, 0.717) is 24.8 Å². The summed E-state index contributed by atoms with van der Waals surface area (Å²) in [4.78, 5) is 40.5. The Balaban J connectivity index is 1.62. The minimum Gasteiger partial charge on any atom is -0.465 e. The molecule has 37 heavy (non-hydrogen) atoms. The SMILES string of the molecule is CCOC(=O)C1(C(=O)OCC)C[C@@H]2C[C@H](C(=O)c3ccccc3)[C@@](C)(c3ccc4ccccc4c3)[C@@H]2C1. The molecule has 2 aliphatic rings. The predicted octanol–water partition coefficient (Wildman–Crippen LogP) is 6.14. The number of hydrogen-bond donors (Lipinski definition) is 0. The Morgan fingerprint density at radius 3 is 2.08 bits per heavy atom. The van der Waals surface area contributed by atoms with E-state index in [0.717, 1.165) is 16.3 Å². The third-order valence-corrected chi connectivity index (χ3v) is 8.86. The maximum absolute atomic E-state index is 14.0. The maximum Gasteiger partial charge on any atom is 0.323 e. The summed E-state index contributed by atoms with van der Waals surface area (Å²) in [5.41, 5.74) is -0.138. The standard InChI is InChI=1S/C32H34O5/c1-4-36-29(34)32(30(35)37-5-2)19-24-18-26(28(33)22-12-7-6-8-13-22)31(3,27(24)20-32)25-16-15-21-11-9-10-14-23(21)17-25/h6-17,24,26-27H,4-5,18-20H2,1-3H3/t24-,26+,27+,31+/m0/s1. The summed E-state index contributed by atoms with van der Waals surface area (Å²) in [6.45, 7) is 6.05. The number of hydrogen-bond acceptors (Lipinski definition) is 5. The zero-order valence-electron chi connectivity index (χ0n) is 21.7. The highest BCUT2D eigenvalue weighted by atomic mass is 16.6. The van der Waals surface area contributed by atoms with Gasteiger partial charge in [0.15, 0.2) is 11.2 Å². The Hall–Kier alpha value is -3.47. The molecule has 0 unspecified atom stereocenters. The molecule has 0 saturated heterocycles. The molecule has 0 radical (unpaired) electrons. The fourth-order valence-electron chi connectivity index (χ4n) is 7.05. The predicted molar refractivity (Wildman–Crippen MR) is 142 cm³/mol. The van der Waals surface area contributed by atoms with E-state index in [1.54, 1.807) is 13.8 Å². The van der Waals surface area contributed by atoms with Gasteiger partial charge >= 0.3 is 11.9 Å². The van der Waals surface area contributed by atoms with E-state index in [-0.39, 0.29) is 36.8 Å². The van der Waals surface area contributed by atoms with Crippen LogP contribution in [0.1, 0.15) is 56.0 Å². The van der Waals surface area contributed by atoms with Gasteiger partial charge in [0.2, 0.25) is 0 Å². The van der Waals surface area contributed by atoms with Crippen LogP contribution in [-0.2, 0) is 24.5 Å². The van der Waals surface area contributed by atoms with Crippen molar-refractivity contribution in [2.45, 2.75) is 45.4 Å². The number of fused-ring (bicyclic) bond motifs is 2. The van der Waals surface area contributed by atoms with Crippen LogP contribution in [0.25, 0.3) is 10.8 Å². The van der Waals surface area contributed by atoms with Gasteiger partial charge in [0, 0.05) is 16.9 Å². The summed E-state index contributed by atoms with van der Waals surface area (Å²) in [5.74, 6) is -1.20. The summed E-state index contributed by atoms with van der Waals surface area (Å²) in [7, 11) is 0. The number of rotatable bonds is 7. The number of Topliss-reactive ketones (excluding diaryl/α,β-unsaturated/α-hetero) is 1. The lowest BCUT2D eigenvalue weighted by molar-refractivity contribution is -0.172. The first-order valence-electron chi connectivity index (χ1n) is 13.3. The fourth-order valence-corrected chi connectivity index (χ4v) is 7.05. The summed E-state index contributed by atoms with van der Waals surface area (Å²) in [6.07, 6.45) is 1.27. The quantitative estimate of drug-likeness (QED) is 0.222. The van der Waals surface area contributed by atoms with Crippen molar-refractivity contribution in [1.82, 2.24) is 0 Å². The average molecular weight is 499 g/mol. The third-order valence-electron chi connectivity index (χ3n) is 8.86. The first kappa shape index (κ1) is 25.2. The number of benzene rings is 3. The van der Waals surface area contributed by atoms with Crippen molar-refractivity contribution in [2.75, 3.05) is 13.2 Å². The van der Waals surface area contributed by atoms with Crippen LogP contribution in [0.2, 0.25) is 0 Å². The maximum atomic E-state index is 14.0. The smallest absolute Gasteiger partial charge is 0.323 e. The Morgan fingerprint density at radius 2 is 1.43 bits per heavy atom. The van der Waals surface area contributed by atoms with Gasteiger partial charge in [-0.25, -0.2) is 0 Å². The van der Waals surface area contributed by atoms with Crippen molar-refractivity contribution in [3.05, 3.63) is 83.9 Å². The molecule has 0 N–H and O–H groups in total. The van der Waals surface area contributed by atoms with E-state index in [4.69, 9.17) is 9.47 Å². The Labute approximate surface area is 218 Å². The highest BCUT2D eigenvalue weighted by Gasteiger charge is 2.66. The van der Waals surface area contributed by atoms with Gasteiger partial charge in [-0.15, -0.1) is 0 Å². The van der Waals surface area contributed by atoms with E-state index in [1.807, 2.05) is 42.5 Å². The Bertz CT molecular complexity index is 1310. The van der Waals surface area contributed by atoms with Gasteiger partial charge in [-0.2, -0.15) is 0 Å². The minimum absolute atomic E-state index is 0.0166. The molecule has 3 aromatic rings. The third kappa shape index (κ3) is 4.05. The molecule has 0 aliphatic heterocycles. The molecule has 2 saturated carbocycles. The number of carbonyl (C=O) groups excluding carboxylic acids is 3. The number of carbonyl (C=O) groups is 3. The van der Waals surface area contributed by atoms with Crippen LogP contribution in [0.4, 0.5) is 0 Å². The molecule has 5 rings (SSSR count). The molecule has 0 spiro atoms. The molecule has 4 atom stereocenters. The zero-order chi connectivity index (χ0) is 26.2. The van der Waals surface area contributed by atoms with Crippen molar-refractivity contribution in [1.29, 1.82) is 0 Å². The van der Waals surface area contributed by atoms with E-state index in [9.17, 15) is 14.4 Å². The van der Waals surface area contributed by atoms with Gasteiger partial charge in [0.05, 0.1) is 13.2 Å². The molecular formula is C32H34O5. The molecule has 2 aliphatic carbocycles. The van der Waals surface area contributed by atoms with Crippen molar-refractivity contribution >= 4 is 28.5 Å². The van der Waals surface area contributed by atoms with E-state index < -0.39 is 22.8 Å². The fraction of sp³-hybridized carbons (Fsp3) is 0.406. The summed E-state index contributed by atoms with van der Waals surface area (Å²) >= 11 is 0. The second-order valence-electron chi connectivity index (χ2n) is 10.7. The molecule has 0 bridgehead atoms. The van der Waals surface area contributed by atoms with Crippen molar-refractivity contribution in [3.63, 3.8) is 0 Å². The summed E-state index contributed by atoms with van der Waals surface area (Å²) in [6, 6.07) is 24.0. The van der Waals surface area contributed by atoms with Crippen LogP contribution < -0.4 is 0 Å². The number of ketones is 1. The van der Waals surface area contributed by atoms with Crippen LogP contribution in [-0.4, -0.2) is 30.9 Å². The monoisotopic (exact) mass is 498 g/mol. The van der Waals surface area contributed by atoms with Crippen molar-refractivity contribution in [3.8, 4) is 0 Å². The van der Waals surface area contributed by atoms with Crippen LogP contribution in [0.3, 0.4) is 0 Å². The molecular weight excluding hydrogens is 464 g/mol. The van der Waals surface area contributed by atoms with Crippen molar-refractivity contribution < 1.29 is 23.9 Å². The largest absolute Gasteiger partial charge is 0.465 e. The highest BCUT2D eigenvalue weighted by molar-refractivity contribution is 6.02. The first-order valence-corrected chi connectivity index (χ1v) is 13.3. The molecule has 5 nitrogen and oxygen atoms in total. The lowest BCUT2D eigenvalue weighted by Crippen LogP contribution is -2.44. The van der Waals surface area contributed by atoms with E-state index in [2.05, 4.69) is 37.3 Å². The normalized spacial score (nSPS) is 26.0. The molecule has 5 heteroatoms.